The van der Waals surface area contributed by atoms with Gasteiger partial charge in [0.2, 0.25) is 0 Å². The van der Waals surface area contributed by atoms with Crippen LogP contribution in [0.1, 0.15) is 71.1 Å². The summed E-state index contributed by atoms with van der Waals surface area (Å²) in [6, 6.07) is 0.864. The first-order valence-electron chi connectivity index (χ1n) is 8.60. The first-order chi connectivity index (χ1) is 8.86. The molecule has 0 heterocycles. The van der Waals surface area contributed by atoms with E-state index in [4.69, 9.17) is 0 Å². The first kappa shape index (κ1) is 13.0. The van der Waals surface area contributed by atoms with E-state index in [1.165, 1.54) is 45.1 Å². The lowest BCUT2D eigenvalue weighted by Crippen LogP contribution is -2.31. The van der Waals surface area contributed by atoms with Crippen LogP contribution in [0.4, 0.5) is 0 Å². The third-order valence-electron chi connectivity index (χ3n) is 5.82. The molecule has 4 atom stereocenters. The molecule has 0 aromatic rings. The van der Waals surface area contributed by atoms with E-state index in [1.807, 2.05) is 0 Å². The Kier molecular flexibility index (Phi) is 4.28. The van der Waals surface area contributed by atoms with Crippen LogP contribution in [0.15, 0.2) is 0 Å². The summed E-state index contributed by atoms with van der Waals surface area (Å²) in [6.45, 7) is 3.52. The molecule has 3 fully saturated rings. The zero-order valence-electron chi connectivity index (χ0n) is 12.2. The normalized spacial score (nSPS) is 36.2. The Balaban J connectivity index is 1.35. The molecule has 0 amide bonds. The summed E-state index contributed by atoms with van der Waals surface area (Å²) in [4.78, 5) is 0. The Morgan fingerprint density at radius 2 is 2.00 bits per heavy atom. The van der Waals surface area contributed by atoms with Crippen molar-refractivity contribution in [2.75, 3.05) is 6.54 Å². The number of fused-ring (bicyclic) bond motifs is 2. The van der Waals surface area contributed by atoms with E-state index >= 15 is 0 Å². The topological polar surface area (TPSA) is 12.0 Å². The third kappa shape index (κ3) is 3.10. The molecule has 0 aliphatic heterocycles. The van der Waals surface area contributed by atoms with Crippen LogP contribution < -0.4 is 5.32 Å². The van der Waals surface area contributed by atoms with Crippen molar-refractivity contribution in [1.29, 1.82) is 0 Å². The van der Waals surface area contributed by atoms with Gasteiger partial charge >= 0.3 is 0 Å². The van der Waals surface area contributed by atoms with Crippen molar-refractivity contribution in [2.24, 2.45) is 23.7 Å². The molecule has 0 aromatic heterocycles. The van der Waals surface area contributed by atoms with Crippen LogP contribution in [0.3, 0.4) is 0 Å². The summed E-state index contributed by atoms with van der Waals surface area (Å²) in [6.07, 6.45) is 15.1. The molecular weight excluding hydrogens is 218 g/mol. The Labute approximate surface area is 113 Å². The maximum Gasteiger partial charge on any atom is 0.00953 e. The van der Waals surface area contributed by atoms with Gasteiger partial charge in [-0.25, -0.2) is 0 Å². The summed E-state index contributed by atoms with van der Waals surface area (Å²) in [5, 5.41) is 3.79. The van der Waals surface area contributed by atoms with Gasteiger partial charge in [-0.05, 0) is 75.2 Å². The Bertz CT molecular complexity index is 258. The molecular formula is C17H31N. The number of nitrogens with one attached hydrogen (secondary N) is 1. The van der Waals surface area contributed by atoms with Gasteiger partial charge in [-0.1, -0.05) is 26.2 Å². The maximum atomic E-state index is 3.79. The largest absolute Gasteiger partial charge is 0.314 e. The van der Waals surface area contributed by atoms with Gasteiger partial charge in [0.1, 0.15) is 0 Å². The summed E-state index contributed by atoms with van der Waals surface area (Å²) < 4.78 is 0. The highest BCUT2D eigenvalue weighted by molar-refractivity contribution is 4.91. The zero-order chi connectivity index (χ0) is 12.4. The minimum atomic E-state index is 0.864. The molecule has 0 aromatic carbocycles. The van der Waals surface area contributed by atoms with E-state index < -0.39 is 0 Å². The fraction of sp³-hybridized carbons (Fsp3) is 1.00. The molecule has 3 saturated carbocycles. The fourth-order valence-electron chi connectivity index (χ4n) is 4.66. The molecule has 3 rings (SSSR count). The second-order valence-corrected chi connectivity index (χ2v) is 7.26. The van der Waals surface area contributed by atoms with E-state index in [2.05, 4.69) is 12.2 Å². The molecule has 1 N–H and O–H groups in total. The van der Waals surface area contributed by atoms with Crippen LogP contribution in [0.2, 0.25) is 0 Å². The van der Waals surface area contributed by atoms with Crippen LogP contribution in [0.5, 0.6) is 0 Å². The standard InChI is InChI=1S/C17H31N/c1-2-10-18-17(14-8-9-14)5-3-4-15-11-13-6-7-16(15)12-13/h13-18H,2-12H2,1H3. The van der Waals surface area contributed by atoms with Gasteiger partial charge in [-0.2, -0.15) is 0 Å². The molecule has 0 spiro atoms. The monoisotopic (exact) mass is 249 g/mol. The van der Waals surface area contributed by atoms with Crippen LogP contribution in [-0.4, -0.2) is 12.6 Å². The van der Waals surface area contributed by atoms with Crippen molar-refractivity contribution < 1.29 is 0 Å². The predicted molar refractivity (Wildman–Crippen MR) is 77.6 cm³/mol. The van der Waals surface area contributed by atoms with Gasteiger partial charge < -0.3 is 5.32 Å². The van der Waals surface area contributed by atoms with Crippen molar-refractivity contribution in [2.45, 2.75) is 77.2 Å². The quantitative estimate of drug-likeness (QED) is 0.673. The van der Waals surface area contributed by atoms with Crippen LogP contribution in [0, 0.1) is 23.7 Å². The van der Waals surface area contributed by atoms with Crippen molar-refractivity contribution in [3.8, 4) is 0 Å². The van der Waals surface area contributed by atoms with E-state index in [0.29, 0.717) is 0 Å². The molecule has 4 unspecified atom stereocenters. The molecule has 1 nitrogen and oxygen atoms in total. The second-order valence-electron chi connectivity index (χ2n) is 7.26. The number of rotatable bonds is 8. The highest BCUT2D eigenvalue weighted by Crippen LogP contribution is 2.50. The first-order valence-corrected chi connectivity index (χ1v) is 8.60. The average molecular weight is 249 g/mol. The van der Waals surface area contributed by atoms with Crippen LogP contribution >= 0.6 is 0 Å². The van der Waals surface area contributed by atoms with E-state index in [0.717, 1.165) is 29.7 Å². The summed E-state index contributed by atoms with van der Waals surface area (Å²) in [7, 11) is 0. The lowest BCUT2D eigenvalue weighted by molar-refractivity contribution is 0.295. The zero-order valence-corrected chi connectivity index (χ0v) is 12.2. The molecule has 2 bridgehead atoms. The van der Waals surface area contributed by atoms with Crippen molar-refractivity contribution in [3.05, 3.63) is 0 Å². The van der Waals surface area contributed by atoms with Gasteiger partial charge in [0.05, 0.1) is 0 Å². The predicted octanol–water partition coefficient (Wildman–Crippen LogP) is 4.37. The Morgan fingerprint density at radius 1 is 1.11 bits per heavy atom. The van der Waals surface area contributed by atoms with E-state index in [1.54, 1.807) is 25.7 Å². The smallest absolute Gasteiger partial charge is 0.00953 e. The van der Waals surface area contributed by atoms with Crippen molar-refractivity contribution >= 4 is 0 Å². The van der Waals surface area contributed by atoms with Crippen LogP contribution in [0.25, 0.3) is 0 Å². The molecule has 3 aliphatic rings. The molecule has 104 valence electrons. The lowest BCUT2D eigenvalue weighted by atomic mass is 9.84. The summed E-state index contributed by atoms with van der Waals surface area (Å²) in [5.41, 5.74) is 0. The van der Waals surface area contributed by atoms with E-state index in [-0.39, 0.29) is 0 Å². The average Bonchev–Trinajstić information content (AvgIpc) is 3.02. The van der Waals surface area contributed by atoms with Gasteiger partial charge in [-0.3, -0.25) is 0 Å². The highest BCUT2D eigenvalue weighted by Gasteiger charge is 2.39. The summed E-state index contributed by atoms with van der Waals surface area (Å²) >= 11 is 0. The Morgan fingerprint density at radius 3 is 2.61 bits per heavy atom. The minimum Gasteiger partial charge on any atom is -0.314 e. The molecule has 0 saturated heterocycles. The Hall–Kier alpha value is -0.0400. The second kappa shape index (κ2) is 5.94. The van der Waals surface area contributed by atoms with Gasteiger partial charge in [0, 0.05) is 6.04 Å². The minimum absolute atomic E-state index is 0.864. The molecule has 0 radical (unpaired) electrons. The van der Waals surface area contributed by atoms with Gasteiger partial charge in [0.25, 0.3) is 0 Å². The molecule has 18 heavy (non-hydrogen) atoms. The van der Waals surface area contributed by atoms with Gasteiger partial charge in [-0.15, -0.1) is 0 Å². The maximum absolute atomic E-state index is 3.79. The van der Waals surface area contributed by atoms with E-state index in [9.17, 15) is 0 Å². The number of hydrogen-bond acceptors (Lipinski definition) is 1. The SMILES string of the molecule is CCCNC(CCCC1CC2CCC1C2)C1CC1. The molecule has 3 aliphatic carbocycles. The van der Waals surface area contributed by atoms with Gasteiger partial charge in [0.15, 0.2) is 0 Å². The number of hydrogen-bond donors (Lipinski definition) is 1. The van der Waals surface area contributed by atoms with Crippen LogP contribution in [-0.2, 0) is 0 Å². The highest BCUT2D eigenvalue weighted by atomic mass is 14.9. The van der Waals surface area contributed by atoms with Crippen molar-refractivity contribution in [3.63, 3.8) is 0 Å². The fourth-order valence-corrected chi connectivity index (χ4v) is 4.66. The lowest BCUT2D eigenvalue weighted by Gasteiger charge is -2.23. The van der Waals surface area contributed by atoms with Crippen molar-refractivity contribution in [1.82, 2.24) is 5.32 Å². The third-order valence-corrected chi connectivity index (χ3v) is 5.82. The summed E-state index contributed by atoms with van der Waals surface area (Å²) in [5.74, 6) is 4.43. The molecule has 1 heteroatoms.